The molecule has 0 radical (unpaired) electrons. The highest BCUT2D eigenvalue weighted by Gasteiger charge is 2.45. The third-order valence-corrected chi connectivity index (χ3v) is 10.5. The van der Waals surface area contributed by atoms with Gasteiger partial charge in [0.2, 0.25) is 5.91 Å². The van der Waals surface area contributed by atoms with Gasteiger partial charge in [-0.15, -0.1) is 0 Å². The molecule has 1 aliphatic rings. The van der Waals surface area contributed by atoms with Gasteiger partial charge in [0.25, 0.3) is 0 Å². The Kier molecular flexibility index (Phi) is 6.58. The maximum absolute atomic E-state index is 14.0. The summed E-state index contributed by atoms with van der Waals surface area (Å²) < 4.78 is 21.0. The number of carboxylic acid groups (broad SMARTS) is 1. The molecule has 1 aromatic carbocycles. The molecule has 1 heterocycles. The fraction of sp³-hybridized carbons (Fsp3) is 0.556. The van der Waals surface area contributed by atoms with Crippen LogP contribution in [0.5, 0.6) is 0 Å². The number of hydrogen-bond acceptors (Lipinski definition) is 3. The molecule has 0 aromatic heterocycles. The van der Waals surface area contributed by atoms with Crippen LogP contribution in [0.4, 0.5) is 14.9 Å². The Hall–Kier alpha value is -1.20. The van der Waals surface area contributed by atoms with Crippen molar-refractivity contribution in [1.82, 2.24) is 4.90 Å². The monoisotopic (exact) mass is 508 g/mol. The highest BCUT2D eigenvalue weighted by molar-refractivity contribution is 14.1. The average molecular weight is 508 g/mol. The van der Waals surface area contributed by atoms with Crippen LogP contribution in [0.2, 0.25) is 18.1 Å². The van der Waals surface area contributed by atoms with Crippen LogP contribution in [-0.2, 0) is 9.22 Å². The maximum Gasteiger partial charge on any atom is 0.408 e. The Labute approximate surface area is 173 Å². The van der Waals surface area contributed by atoms with Crippen molar-refractivity contribution >= 4 is 48.6 Å². The van der Waals surface area contributed by atoms with Crippen LogP contribution >= 0.6 is 22.6 Å². The van der Waals surface area contributed by atoms with Gasteiger partial charge in [-0.25, -0.2) is 9.18 Å². The standard InChI is InChI=1S/C18H26FIN2O4Si/c1-18(2,3)27(4,5)26-12-9-15(22(10-12)17(24)25)16(23)21-14-7-6-11(20)8-13(14)19/h6-8,12,15H,9-10H2,1-5H3,(H,21,23)(H,24,25)/t12-,15-/m1/s1. The van der Waals surface area contributed by atoms with Gasteiger partial charge in [0.1, 0.15) is 11.9 Å². The zero-order valence-electron chi connectivity index (χ0n) is 16.2. The van der Waals surface area contributed by atoms with Gasteiger partial charge < -0.3 is 14.8 Å². The van der Waals surface area contributed by atoms with E-state index in [1.54, 1.807) is 6.07 Å². The second-order valence-corrected chi connectivity index (χ2v) is 14.3. The number of likely N-dealkylation sites (tertiary alicyclic amines) is 1. The smallest absolute Gasteiger partial charge is 0.408 e. The minimum absolute atomic E-state index is 0.0221. The number of amides is 2. The number of anilines is 1. The SMILES string of the molecule is CC(C)(C)[Si](C)(C)O[C@@H]1C[C@H](C(=O)Nc2ccc(I)cc2F)N(C(=O)O)C1. The van der Waals surface area contributed by atoms with E-state index in [1.807, 2.05) is 22.6 Å². The predicted molar refractivity (Wildman–Crippen MR) is 113 cm³/mol. The van der Waals surface area contributed by atoms with E-state index in [1.165, 1.54) is 12.1 Å². The summed E-state index contributed by atoms with van der Waals surface area (Å²) >= 11 is 1.98. The Bertz CT molecular complexity index is 739. The molecule has 2 N–H and O–H groups in total. The molecule has 0 unspecified atom stereocenters. The first-order chi connectivity index (χ1) is 12.3. The van der Waals surface area contributed by atoms with E-state index in [4.69, 9.17) is 4.43 Å². The van der Waals surface area contributed by atoms with E-state index < -0.39 is 32.2 Å². The van der Waals surface area contributed by atoms with Crippen LogP contribution in [0.15, 0.2) is 18.2 Å². The minimum Gasteiger partial charge on any atom is -0.465 e. The number of nitrogens with zero attached hydrogens (tertiary/aromatic N) is 1. The number of carbonyl (C=O) groups excluding carboxylic acids is 1. The first-order valence-corrected chi connectivity index (χ1v) is 12.7. The van der Waals surface area contributed by atoms with E-state index in [-0.39, 0.29) is 29.8 Å². The third-order valence-electron chi connectivity index (χ3n) is 5.27. The molecule has 0 aliphatic carbocycles. The lowest BCUT2D eigenvalue weighted by Crippen LogP contribution is -2.45. The molecular formula is C18H26FIN2O4Si. The van der Waals surface area contributed by atoms with Crippen LogP contribution in [0.1, 0.15) is 27.2 Å². The van der Waals surface area contributed by atoms with Crippen molar-refractivity contribution in [3.05, 3.63) is 27.6 Å². The maximum atomic E-state index is 14.0. The summed E-state index contributed by atoms with van der Waals surface area (Å²) in [6.07, 6.45) is -1.27. The number of benzene rings is 1. The molecule has 1 fully saturated rings. The second-order valence-electron chi connectivity index (χ2n) is 8.30. The van der Waals surface area contributed by atoms with Gasteiger partial charge in [-0.3, -0.25) is 9.69 Å². The molecule has 0 bridgehead atoms. The summed E-state index contributed by atoms with van der Waals surface area (Å²) in [5.74, 6) is -1.09. The van der Waals surface area contributed by atoms with Crippen molar-refractivity contribution in [3.63, 3.8) is 0 Å². The van der Waals surface area contributed by atoms with E-state index >= 15 is 0 Å². The lowest BCUT2D eigenvalue weighted by Gasteiger charge is -2.38. The van der Waals surface area contributed by atoms with Crippen molar-refractivity contribution < 1.29 is 23.5 Å². The first kappa shape index (κ1) is 22.1. The highest BCUT2D eigenvalue weighted by Crippen LogP contribution is 2.39. The second kappa shape index (κ2) is 8.04. The zero-order valence-corrected chi connectivity index (χ0v) is 19.3. The lowest BCUT2D eigenvalue weighted by molar-refractivity contribution is -0.120. The van der Waals surface area contributed by atoms with Gasteiger partial charge in [-0.05, 0) is 58.9 Å². The van der Waals surface area contributed by atoms with Gasteiger partial charge >= 0.3 is 6.09 Å². The van der Waals surface area contributed by atoms with Gasteiger partial charge in [0.15, 0.2) is 8.32 Å². The fourth-order valence-electron chi connectivity index (χ4n) is 2.74. The van der Waals surface area contributed by atoms with Gasteiger partial charge in [-0.2, -0.15) is 0 Å². The summed E-state index contributed by atoms with van der Waals surface area (Å²) in [5.41, 5.74) is 0.0412. The molecule has 9 heteroatoms. The van der Waals surface area contributed by atoms with Crippen LogP contribution in [0, 0.1) is 9.39 Å². The molecule has 6 nitrogen and oxygen atoms in total. The van der Waals surface area contributed by atoms with Crippen molar-refractivity contribution in [2.24, 2.45) is 0 Å². The number of halogens is 2. The normalized spacial score (nSPS) is 20.6. The molecule has 27 heavy (non-hydrogen) atoms. The molecule has 1 aliphatic heterocycles. The zero-order chi connectivity index (χ0) is 20.6. The fourth-order valence-corrected chi connectivity index (χ4v) is 4.55. The number of nitrogens with one attached hydrogen (secondary N) is 1. The van der Waals surface area contributed by atoms with Crippen molar-refractivity contribution in [1.29, 1.82) is 0 Å². The topological polar surface area (TPSA) is 78.9 Å². The van der Waals surface area contributed by atoms with E-state index in [9.17, 15) is 19.1 Å². The highest BCUT2D eigenvalue weighted by atomic mass is 127. The van der Waals surface area contributed by atoms with E-state index in [0.29, 0.717) is 3.57 Å². The van der Waals surface area contributed by atoms with E-state index in [2.05, 4.69) is 39.2 Å². The number of rotatable bonds is 4. The molecule has 1 saturated heterocycles. The summed E-state index contributed by atoms with van der Waals surface area (Å²) in [6.45, 7) is 10.6. The molecule has 0 spiro atoms. The van der Waals surface area contributed by atoms with Crippen LogP contribution in [0.3, 0.4) is 0 Å². The molecule has 150 valence electrons. The van der Waals surface area contributed by atoms with Gasteiger partial charge in [-0.1, -0.05) is 20.8 Å². The summed E-state index contributed by atoms with van der Waals surface area (Å²) in [4.78, 5) is 25.3. The van der Waals surface area contributed by atoms with Crippen LogP contribution in [0.25, 0.3) is 0 Å². The Morgan fingerprint density at radius 3 is 2.52 bits per heavy atom. The van der Waals surface area contributed by atoms with Crippen LogP contribution in [-0.4, -0.2) is 49.0 Å². The van der Waals surface area contributed by atoms with Crippen molar-refractivity contribution in [3.8, 4) is 0 Å². The predicted octanol–water partition coefficient (Wildman–Crippen LogP) is 4.51. The lowest BCUT2D eigenvalue weighted by atomic mass is 10.2. The average Bonchev–Trinajstić information content (AvgIpc) is 2.92. The molecule has 2 atom stereocenters. The minimum atomic E-state index is -2.10. The Morgan fingerprint density at radius 2 is 2.00 bits per heavy atom. The first-order valence-electron chi connectivity index (χ1n) is 8.75. The van der Waals surface area contributed by atoms with E-state index in [0.717, 1.165) is 4.90 Å². The number of carbonyl (C=O) groups is 2. The van der Waals surface area contributed by atoms with Crippen LogP contribution < -0.4 is 5.32 Å². The van der Waals surface area contributed by atoms with Gasteiger partial charge in [0, 0.05) is 16.5 Å². The third kappa shape index (κ3) is 5.20. The van der Waals surface area contributed by atoms with Crippen molar-refractivity contribution in [2.75, 3.05) is 11.9 Å². The molecule has 2 amide bonds. The summed E-state index contributed by atoms with van der Waals surface area (Å²) in [6, 6.07) is 3.55. The molecule has 1 aromatic rings. The number of hydrogen-bond donors (Lipinski definition) is 2. The van der Waals surface area contributed by atoms with Gasteiger partial charge in [0.05, 0.1) is 11.8 Å². The molecule has 0 saturated carbocycles. The largest absolute Gasteiger partial charge is 0.465 e. The Morgan fingerprint density at radius 1 is 1.37 bits per heavy atom. The summed E-state index contributed by atoms with van der Waals surface area (Å²) in [7, 11) is -2.10. The summed E-state index contributed by atoms with van der Waals surface area (Å²) in [5, 5.41) is 12.0. The Balaban J connectivity index is 2.14. The van der Waals surface area contributed by atoms with Crippen molar-refractivity contribution in [2.45, 2.75) is 57.5 Å². The molecule has 2 rings (SSSR count). The molecular weight excluding hydrogens is 482 g/mol. The quantitative estimate of drug-likeness (QED) is 0.464.